The van der Waals surface area contributed by atoms with Crippen LogP contribution in [0.1, 0.15) is 5.56 Å². The molecule has 2 aromatic rings. The fraction of sp³-hybridized carbons (Fsp3) is 0.0769. The molecule has 2 rings (SSSR count). The second kappa shape index (κ2) is 4.57. The van der Waals surface area contributed by atoms with Crippen molar-refractivity contribution in [1.29, 1.82) is 0 Å². The molecule has 2 radical (unpaired) electrons. The maximum Gasteiger partial charge on any atom is 0.0918 e. The van der Waals surface area contributed by atoms with E-state index in [4.69, 9.17) is 5.21 Å². The molecule has 2 aromatic carbocycles. The summed E-state index contributed by atoms with van der Waals surface area (Å²) in [5, 5.41) is 14.8. The van der Waals surface area contributed by atoms with E-state index in [2.05, 4.69) is 22.5 Å². The van der Waals surface area contributed by atoms with Crippen molar-refractivity contribution in [1.82, 2.24) is 0 Å². The van der Waals surface area contributed by atoms with E-state index in [-0.39, 0.29) is 0 Å². The van der Waals surface area contributed by atoms with Crippen molar-refractivity contribution in [3.8, 4) is 11.1 Å². The second-order valence-corrected chi connectivity index (χ2v) is 3.39. The Morgan fingerprint density at radius 2 is 2.12 bits per heavy atom. The molecule has 1 N–H and O–H groups in total. The van der Waals surface area contributed by atoms with Crippen LogP contribution in [0.15, 0.2) is 46.8 Å². The smallest absolute Gasteiger partial charge is 0.0918 e. The molecule has 0 amide bonds. The minimum Gasteiger partial charge on any atom is -0.394 e. The van der Waals surface area contributed by atoms with Gasteiger partial charge in [-0.1, -0.05) is 18.2 Å². The van der Waals surface area contributed by atoms with Gasteiger partial charge in [-0.05, 0) is 53.9 Å². The van der Waals surface area contributed by atoms with Crippen LogP contribution in [0.4, 0.5) is 5.69 Å². The molecule has 0 saturated heterocycles. The van der Waals surface area contributed by atoms with Crippen molar-refractivity contribution >= 4 is 5.69 Å². The van der Waals surface area contributed by atoms with Crippen LogP contribution >= 0.6 is 0 Å². The monoisotopic (exact) mass is 210 g/mol. The Kier molecular flexibility index (Phi) is 2.96. The van der Waals surface area contributed by atoms with Gasteiger partial charge in [-0.3, -0.25) is 0 Å². The van der Waals surface area contributed by atoms with Gasteiger partial charge in [-0.15, -0.1) is 5.11 Å². The van der Waals surface area contributed by atoms with Crippen molar-refractivity contribution < 1.29 is 5.21 Å². The zero-order valence-electron chi connectivity index (χ0n) is 8.81. The lowest BCUT2D eigenvalue weighted by Crippen LogP contribution is -1.80. The van der Waals surface area contributed by atoms with Crippen LogP contribution in [0.25, 0.3) is 11.1 Å². The van der Waals surface area contributed by atoms with Crippen LogP contribution in [0, 0.1) is 19.1 Å². The zero-order valence-corrected chi connectivity index (χ0v) is 8.81. The van der Waals surface area contributed by atoms with Gasteiger partial charge < -0.3 is 5.21 Å². The van der Waals surface area contributed by atoms with E-state index in [1.54, 1.807) is 0 Å². The van der Waals surface area contributed by atoms with E-state index >= 15 is 0 Å². The molecule has 0 bridgehead atoms. The number of rotatable bonds is 2. The molecule has 16 heavy (non-hydrogen) atoms. The van der Waals surface area contributed by atoms with E-state index < -0.39 is 0 Å². The van der Waals surface area contributed by atoms with Gasteiger partial charge in [-0.25, -0.2) is 0 Å². The summed E-state index contributed by atoms with van der Waals surface area (Å²) in [6, 6.07) is 17.3. The highest BCUT2D eigenvalue weighted by atomic mass is 16.5. The molecule has 0 aliphatic heterocycles. The Morgan fingerprint density at radius 3 is 2.75 bits per heavy atom. The van der Waals surface area contributed by atoms with Crippen LogP contribution < -0.4 is 0 Å². The van der Waals surface area contributed by atoms with Crippen LogP contribution in [-0.4, -0.2) is 5.21 Å². The summed E-state index contributed by atoms with van der Waals surface area (Å²) in [7, 11) is 0. The topological polar surface area (TPSA) is 45.0 Å². The summed E-state index contributed by atoms with van der Waals surface area (Å²) in [5.41, 5.74) is 3.64. The lowest BCUT2D eigenvalue weighted by atomic mass is 10.0. The average molecular weight is 210 g/mol. The summed E-state index contributed by atoms with van der Waals surface area (Å²) in [6.07, 6.45) is 0. The van der Waals surface area contributed by atoms with Crippen molar-refractivity contribution in [3.63, 3.8) is 0 Å². The van der Waals surface area contributed by atoms with Gasteiger partial charge in [0.25, 0.3) is 0 Å². The predicted octanol–water partition coefficient (Wildman–Crippen LogP) is 3.74. The molecule has 78 valence electrons. The first-order chi connectivity index (χ1) is 7.81. The largest absolute Gasteiger partial charge is 0.394 e. The molecule has 0 fully saturated rings. The molecule has 0 unspecified atom stereocenters. The average Bonchev–Trinajstić information content (AvgIpc) is 2.33. The Bertz CT molecular complexity index is 507. The SMILES string of the molecule is Cc1cc(-c2[c]cc[c]c2)ccc1/N=N/O. The van der Waals surface area contributed by atoms with Crippen molar-refractivity contribution in [2.24, 2.45) is 10.4 Å². The highest BCUT2D eigenvalue weighted by Crippen LogP contribution is 2.25. The molecular weight excluding hydrogens is 200 g/mol. The van der Waals surface area contributed by atoms with Crippen LogP contribution in [0.2, 0.25) is 0 Å². The summed E-state index contributed by atoms with van der Waals surface area (Å²) in [5.74, 6) is 0. The minimum absolute atomic E-state index is 0.658. The molecule has 0 heterocycles. The van der Waals surface area contributed by atoms with Gasteiger partial charge in [0.05, 0.1) is 5.69 Å². The molecule has 0 aliphatic rings. The molecule has 3 nitrogen and oxygen atoms in total. The Morgan fingerprint density at radius 1 is 1.25 bits per heavy atom. The van der Waals surface area contributed by atoms with Crippen LogP contribution in [-0.2, 0) is 0 Å². The van der Waals surface area contributed by atoms with Crippen LogP contribution in [0.5, 0.6) is 0 Å². The van der Waals surface area contributed by atoms with E-state index in [0.717, 1.165) is 16.7 Å². The Balaban J connectivity index is 2.42. The lowest BCUT2D eigenvalue weighted by molar-refractivity contribution is 0.289. The first-order valence-electron chi connectivity index (χ1n) is 4.85. The third-order valence-corrected chi connectivity index (χ3v) is 2.31. The first kappa shape index (κ1) is 10.4. The normalized spacial score (nSPS) is 10.8. The molecule has 0 aliphatic carbocycles. The van der Waals surface area contributed by atoms with Gasteiger partial charge in [0.15, 0.2) is 0 Å². The molecule has 0 aromatic heterocycles. The summed E-state index contributed by atoms with van der Waals surface area (Å²) in [4.78, 5) is 0. The third kappa shape index (κ3) is 2.08. The fourth-order valence-corrected chi connectivity index (χ4v) is 1.50. The lowest BCUT2D eigenvalue weighted by Gasteiger charge is -2.03. The van der Waals surface area contributed by atoms with Crippen molar-refractivity contribution in [2.75, 3.05) is 0 Å². The standard InChI is InChI=1S/C13H10N2O/c1-10-9-12(7-8-13(10)14-15-16)11-5-3-2-4-6-11/h2-3,6-9H,1H3,(H,14,16). The number of nitrogens with zero attached hydrogens (tertiary/aromatic N) is 2. The van der Waals surface area contributed by atoms with Gasteiger partial charge in [0.2, 0.25) is 0 Å². The number of benzene rings is 2. The Labute approximate surface area is 94.0 Å². The second-order valence-electron chi connectivity index (χ2n) is 3.39. The quantitative estimate of drug-likeness (QED) is 0.595. The summed E-state index contributed by atoms with van der Waals surface area (Å²) >= 11 is 0. The fourth-order valence-electron chi connectivity index (χ4n) is 1.50. The van der Waals surface area contributed by atoms with E-state index in [0.29, 0.717) is 5.69 Å². The number of aryl methyl sites for hydroxylation is 1. The summed E-state index contributed by atoms with van der Waals surface area (Å²) < 4.78 is 0. The molecule has 0 atom stereocenters. The zero-order chi connectivity index (χ0) is 11.4. The number of hydrogen-bond donors (Lipinski definition) is 1. The molecular formula is C13H10N2O. The van der Waals surface area contributed by atoms with Gasteiger partial charge in [-0.2, -0.15) is 0 Å². The van der Waals surface area contributed by atoms with Crippen LogP contribution in [0.3, 0.4) is 0 Å². The third-order valence-electron chi connectivity index (χ3n) is 2.31. The Hall–Kier alpha value is -2.16. The van der Waals surface area contributed by atoms with E-state index in [1.165, 1.54) is 0 Å². The molecule has 0 spiro atoms. The predicted molar refractivity (Wildman–Crippen MR) is 60.6 cm³/mol. The van der Waals surface area contributed by atoms with Crippen molar-refractivity contribution in [3.05, 3.63) is 54.1 Å². The van der Waals surface area contributed by atoms with Crippen molar-refractivity contribution in [2.45, 2.75) is 6.92 Å². The highest BCUT2D eigenvalue weighted by Gasteiger charge is 2.01. The first-order valence-corrected chi connectivity index (χ1v) is 4.85. The minimum atomic E-state index is 0.658. The maximum absolute atomic E-state index is 8.38. The summed E-state index contributed by atoms with van der Waals surface area (Å²) in [6.45, 7) is 1.92. The number of hydrogen-bond acceptors (Lipinski definition) is 2. The molecule has 3 heteroatoms. The van der Waals surface area contributed by atoms with E-state index in [9.17, 15) is 0 Å². The van der Waals surface area contributed by atoms with Gasteiger partial charge >= 0.3 is 0 Å². The van der Waals surface area contributed by atoms with E-state index in [1.807, 2.05) is 43.3 Å². The molecule has 0 saturated carbocycles. The van der Waals surface area contributed by atoms with Gasteiger partial charge in [0, 0.05) is 5.28 Å². The maximum atomic E-state index is 8.38. The van der Waals surface area contributed by atoms with Gasteiger partial charge in [0.1, 0.15) is 0 Å². The highest BCUT2D eigenvalue weighted by molar-refractivity contribution is 5.66.